The van der Waals surface area contributed by atoms with E-state index in [0.29, 0.717) is 25.4 Å². The maximum absolute atomic E-state index is 14.7. The molecule has 0 amide bonds. The molecule has 0 saturated heterocycles. The molecule has 0 saturated carbocycles. The summed E-state index contributed by atoms with van der Waals surface area (Å²) < 4.78 is 86.0. The van der Waals surface area contributed by atoms with Gasteiger partial charge in [0.05, 0.1) is 59.5 Å². The zero-order chi connectivity index (χ0) is 25.9. The molecule has 0 aromatic carbocycles. The molecule has 0 bridgehead atoms. The van der Waals surface area contributed by atoms with E-state index in [0.717, 1.165) is 0 Å². The maximum atomic E-state index is 14.7. The van der Waals surface area contributed by atoms with Crippen LogP contribution in [0.15, 0.2) is 50.1 Å². The van der Waals surface area contributed by atoms with E-state index in [1.54, 1.807) is 6.08 Å². The van der Waals surface area contributed by atoms with Crippen LogP contribution in [-0.2, 0) is 28.4 Å². The number of hydrogen-bond donors (Lipinski definition) is 1. The number of halogens is 4. The van der Waals surface area contributed by atoms with Crippen molar-refractivity contribution in [1.29, 1.82) is 0 Å². The highest BCUT2D eigenvalue weighted by atomic mass is 19.3. The largest absolute Gasteiger partial charge is 0.376 e. The highest BCUT2D eigenvalue weighted by molar-refractivity contribution is 4.95. The first-order valence-electron chi connectivity index (χ1n) is 10.5. The third-order valence-electron chi connectivity index (χ3n) is 3.86. The third-order valence-corrected chi connectivity index (χ3v) is 3.86. The zero-order valence-electron chi connectivity index (χ0n) is 19.5. The Morgan fingerprint density at radius 1 is 0.706 bits per heavy atom. The molecule has 0 radical (unpaired) electrons. The molecule has 1 unspecified atom stereocenters. The van der Waals surface area contributed by atoms with Gasteiger partial charge in [0.1, 0.15) is 18.8 Å². The van der Waals surface area contributed by atoms with Crippen molar-refractivity contribution in [2.24, 2.45) is 0 Å². The molecule has 0 heterocycles. The molecule has 0 rings (SSSR count). The summed E-state index contributed by atoms with van der Waals surface area (Å²) in [5, 5.41) is 8.56. The highest BCUT2D eigenvalue weighted by Gasteiger charge is 2.44. The molecule has 198 valence electrons. The van der Waals surface area contributed by atoms with E-state index in [1.807, 2.05) is 0 Å². The lowest BCUT2D eigenvalue weighted by Crippen LogP contribution is -2.49. The van der Waals surface area contributed by atoms with Gasteiger partial charge in [0, 0.05) is 6.42 Å². The van der Waals surface area contributed by atoms with E-state index in [1.165, 1.54) is 12.2 Å². The van der Waals surface area contributed by atoms with E-state index in [4.69, 9.17) is 33.5 Å². The van der Waals surface area contributed by atoms with Crippen molar-refractivity contribution in [2.45, 2.75) is 24.1 Å². The summed E-state index contributed by atoms with van der Waals surface area (Å²) in [6.45, 7) is 11.5. The normalized spacial score (nSPS) is 13.9. The Hall–Kier alpha value is -1.60. The van der Waals surface area contributed by atoms with Gasteiger partial charge in [-0.3, -0.25) is 0 Å². The first kappa shape index (κ1) is 32.4. The van der Waals surface area contributed by atoms with Gasteiger partial charge in [-0.1, -0.05) is 24.8 Å². The molecule has 0 aliphatic heterocycles. The smallest absolute Gasteiger partial charge is 0.375 e. The van der Waals surface area contributed by atoms with Crippen molar-refractivity contribution >= 4 is 0 Å². The van der Waals surface area contributed by atoms with Gasteiger partial charge in [0.2, 0.25) is 0 Å². The predicted octanol–water partition coefficient (Wildman–Crippen LogP) is 3.55. The fourth-order valence-corrected chi connectivity index (χ4v) is 2.61. The Kier molecular flexibility index (Phi) is 16.9. The second-order valence-corrected chi connectivity index (χ2v) is 7.44. The number of ether oxygens (including phenoxy) is 6. The van der Waals surface area contributed by atoms with E-state index in [9.17, 15) is 17.6 Å². The Morgan fingerprint density at radius 2 is 1.26 bits per heavy atom. The molecule has 7 nitrogen and oxygen atoms in total. The second kappa shape index (κ2) is 17.8. The fourth-order valence-electron chi connectivity index (χ4n) is 2.61. The monoisotopic (exact) mass is 500 g/mol. The van der Waals surface area contributed by atoms with Gasteiger partial charge in [-0.05, 0) is 5.57 Å². The SMILES string of the molecule is C=CCOCCOCC(=C)COCC(F)(F)CC(COCC=C)(COCC(O)(F)F)OCC=C. The molecule has 1 N–H and O–H groups in total. The first-order valence-corrected chi connectivity index (χ1v) is 10.5. The molecule has 0 fully saturated rings. The van der Waals surface area contributed by atoms with E-state index >= 15 is 0 Å². The Morgan fingerprint density at radius 3 is 1.88 bits per heavy atom. The van der Waals surface area contributed by atoms with Crippen LogP contribution in [0.3, 0.4) is 0 Å². The van der Waals surface area contributed by atoms with Crippen LogP contribution in [0.5, 0.6) is 0 Å². The summed E-state index contributed by atoms with van der Waals surface area (Å²) in [5.74, 6) is -3.44. The topological polar surface area (TPSA) is 75.6 Å². The summed E-state index contributed by atoms with van der Waals surface area (Å²) in [6.07, 6.45) is -0.793. The third kappa shape index (κ3) is 17.8. The molecule has 0 aliphatic carbocycles. The van der Waals surface area contributed by atoms with Crippen molar-refractivity contribution in [1.82, 2.24) is 0 Å². The molecule has 0 aliphatic rings. The average Bonchev–Trinajstić information content (AvgIpc) is 2.73. The van der Waals surface area contributed by atoms with Crippen LogP contribution in [0.2, 0.25) is 0 Å². The van der Waals surface area contributed by atoms with E-state index in [2.05, 4.69) is 26.3 Å². The van der Waals surface area contributed by atoms with Gasteiger partial charge in [-0.25, -0.2) is 8.78 Å². The van der Waals surface area contributed by atoms with Crippen LogP contribution < -0.4 is 0 Å². The van der Waals surface area contributed by atoms with Gasteiger partial charge in [-0.2, -0.15) is 8.78 Å². The molecule has 0 spiro atoms. The molecule has 34 heavy (non-hydrogen) atoms. The van der Waals surface area contributed by atoms with Gasteiger partial charge in [0.25, 0.3) is 5.92 Å². The predicted molar refractivity (Wildman–Crippen MR) is 119 cm³/mol. The highest BCUT2D eigenvalue weighted by Crippen LogP contribution is 2.31. The van der Waals surface area contributed by atoms with Crippen LogP contribution >= 0.6 is 0 Å². The van der Waals surface area contributed by atoms with Crippen LogP contribution in [0, 0.1) is 0 Å². The zero-order valence-corrected chi connectivity index (χ0v) is 19.5. The Labute approximate surface area is 198 Å². The molecule has 0 aromatic rings. The molecule has 1 atom stereocenters. The molecule has 11 heteroatoms. The standard InChI is InChI=1S/C23H36F4O7/c1-5-8-29-11-12-30-13-20(4)14-32-18-22(24,25)15-21(34-10-7-3,16-31-9-6-2)17-33-19-23(26,27)28/h5-7,28H,1-4,8-19H2. The van der Waals surface area contributed by atoms with Crippen LogP contribution in [0.1, 0.15) is 6.42 Å². The number of aliphatic hydroxyl groups is 1. The molecular formula is C23H36F4O7. The van der Waals surface area contributed by atoms with Gasteiger partial charge in [-0.15, -0.1) is 19.7 Å². The summed E-state index contributed by atoms with van der Waals surface area (Å²) in [7, 11) is 0. The lowest BCUT2D eigenvalue weighted by atomic mass is 9.96. The van der Waals surface area contributed by atoms with Crippen molar-refractivity contribution in [2.75, 3.05) is 72.7 Å². The minimum Gasteiger partial charge on any atom is -0.375 e. The second-order valence-electron chi connectivity index (χ2n) is 7.44. The number of alkyl halides is 4. The van der Waals surface area contributed by atoms with Crippen molar-refractivity contribution in [3.05, 3.63) is 50.1 Å². The van der Waals surface area contributed by atoms with E-state index in [-0.39, 0.29) is 26.4 Å². The summed E-state index contributed by atoms with van der Waals surface area (Å²) in [6, 6.07) is 0. The van der Waals surface area contributed by atoms with Crippen LogP contribution in [0.4, 0.5) is 17.6 Å². The van der Waals surface area contributed by atoms with Gasteiger partial charge >= 0.3 is 6.11 Å². The number of hydrogen-bond acceptors (Lipinski definition) is 7. The Bertz CT molecular complexity index is 596. The molecular weight excluding hydrogens is 464 g/mol. The van der Waals surface area contributed by atoms with Gasteiger partial charge < -0.3 is 33.5 Å². The van der Waals surface area contributed by atoms with Crippen LogP contribution in [0.25, 0.3) is 0 Å². The van der Waals surface area contributed by atoms with Gasteiger partial charge in [0.15, 0.2) is 0 Å². The first-order chi connectivity index (χ1) is 16.0. The molecule has 0 aromatic heterocycles. The quantitative estimate of drug-likeness (QED) is 0.123. The minimum atomic E-state index is -4.13. The van der Waals surface area contributed by atoms with E-state index < -0.39 is 50.5 Å². The lowest BCUT2D eigenvalue weighted by Gasteiger charge is -2.36. The van der Waals surface area contributed by atoms with Crippen molar-refractivity contribution in [3.8, 4) is 0 Å². The number of rotatable bonds is 24. The summed E-state index contributed by atoms with van der Waals surface area (Å²) in [5.41, 5.74) is -1.38. The maximum Gasteiger partial charge on any atom is 0.376 e. The lowest BCUT2D eigenvalue weighted by molar-refractivity contribution is -0.247. The summed E-state index contributed by atoms with van der Waals surface area (Å²) in [4.78, 5) is 0. The summed E-state index contributed by atoms with van der Waals surface area (Å²) >= 11 is 0. The Balaban J connectivity index is 4.88. The minimum absolute atomic E-state index is 0.00981. The van der Waals surface area contributed by atoms with Crippen LogP contribution in [-0.4, -0.2) is 95.4 Å². The van der Waals surface area contributed by atoms with Crippen molar-refractivity contribution in [3.63, 3.8) is 0 Å². The fraction of sp³-hybridized carbons (Fsp3) is 0.652. The van der Waals surface area contributed by atoms with Crippen molar-refractivity contribution < 1.29 is 51.1 Å². The average molecular weight is 501 g/mol.